The number of methoxy groups -OCH3 is 1. The van der Waals surface area contributed by atoms with Crippen molar-refractivity contribution in [2.24, 2.45) is 0 Å². The Labute approximate surface area is 206 Å². The molecule has 2 heterocycles. The highest BCUT2D eigenvalue weighted by Gasteiger charge is 2.42. The standard InChI is InChI=1S/C27H22ClNO4S/c1-32-19-8-3-16(4-9-19)13-14-29-24(17-5-10-20(34-2)11-6-17)23-25(30)21-15-18(28)7-12-22(21)33-26(23)27(29)31/h3-12,15,24H,13-14H2,1-2H3/t24-/m0/s1. The van der Waals surface area contributed by atoms with Gasteiger partial charge >= 0.3 is 0 Å². The van der Waals surface area contributed by atoms with Crippen LogP contribution in [0.3, 0.4) is 0 Å². The van der Waals surface area contributed by atoms with E-state index < -0.39 is 6.04 Å². The summed E-state index contributed by atoms with van der Waals surface area (Å²) < 4.78 is 11.2. The number of benzene rings is 3. The zero-order valence-corrected chi connectivity index (χ0v) is 20.3. The van der Waals surface area contributed by atoms with Gasteiger partial charge in [-0.25, -0.2) is 0 Å². The Kier molecular flexibility index (Phi) is 6.11. The molecule has 34 heavy (non-hydrogen) atoms. The highest BCUT2D eigenvalue weighted by atomic mass is 35.5. The van der Waals surface area contributed by atoms with Crippen LogP contribution >= 0.6 is 23.4 Å². The van der Waals surface area contributed by atoms with Gasteiger partial charge in [0.1, 0.15) is 11.3 Å². The lowest BCUT2D eigenvalue weighted by Crippen LogP contribution is -2.31. The Hall–Kier alpha value is -3.22. The topological polar surface area (TPSA) is 59.8 Å². The van der Waals surface area contributed by atoms with Crippen molar-refractivity contribution in [2.75, 3.05) is 19.9 Å². The van der Waals surface area contributed by atoms with Gasteiger partial charge in [0.05, 0.1) is 24.1 Å². The van der Waals surface area contributed by atoms with Crippen molar-refractivity contribution in [2.45, 2.75) is 17.4 Å². The fourth-order valence-corrected chi connectivity index (χ4v) is 4.98. The first-order chi connectivity index (χ1) is 16.5. The summed E-state index contributed by atoms with van der Waals surface area (Å²) in [7, 11) is 1.63. The number of fused-ring (bicyclic) bond motifs is 2. The van der Waals surface area contributed by atoms with E-state index in [1.54, 1.807) is 42.0 Å². The van der Waals surface area contributed by atoms with Crippen LogP contribution in [0.15, 0.2) is 80.8 Å². The predicted molar refractivity (Wildman–Crippen MR) is 135 cm³/mol. The third-order valence-corrected chi connectivity index (χ3v) is 7.14. The van der Waals surface area contributed by atoms with E-state index in [-0.39, 0.29) is 17.1 Å². The smallest absolute Gasteiger partial charge is 0.290 e. The van der Waals surface area contributed by atoms with Crippen LogP contribution in [-0.4, -0.2) is 30.7 Å². The number of carbonyl (C=O) groups is 1. The first-order valence-corrected chi connectivity index (χ1v) is 12.4. The molecule has 0 radical (unpaired) electrons. The van der Waals surface area contributed by atoms with E-state index in [0.29, 0.717) is 34.5 Å². The molecule has 0 bridgehead atoms. The van der Waals surface area contributed by atoms with Gasteiger partial charge in [-0.3, -0.25) is 9.59 Å². The van der Waals surface area contributed by atoms with Gasteiger partial charge in [-0.1, -0.05) is 35.9 Å². The Morgan fingerprint density at radius 1 is 1.03 bits per heavy atom. The summed E-state index contributed by atoms with van der Waals surface area (Å²) in [6.45, 7) is 0.431. The Morgan fingerprint density at radius 3 is 2.44 bits per heavy atom. The minimum absolute atomic E-state index is 0.105. The second-order valence-electron chi connectivity index (χ2n) is 8.09. The minimum Gasteiger partial charge on any atom is -0.497 e. The number of carbonyl (C=O) groups excluding carboxylic acids is 1. The molecule has 1 amide bonds. The molecule has 0 aliphatic carbocycles. The lowest BCUT2D eigenvalue weighted by Gasteiger charge is -2.25. The van der Waals surface area contributed by atoms with Gasteiger partial charge in [-0.2, -0.15) is 0 Å². The summed E-state index contributed by atoms with van der Waals surface area (Å²) in [5, 5.41) is 0.822. The predicted octanol–water partition coefficient (Wildman–Crippen LogP) is 5.96. The molecule has 0 saturated carbocycles. The Morgan fingerprint density at radius 2 is 1.76 bits per heavy atom. The maximum absolute atomic E-state index is 13.6. The van der Waals surface area contributed by atoms with Crippen LogP contribution in [0, 0.1) is 0 Å². The lowest BCUT2D eigenvalue weighted by atomic mass is 9.98. The van der Waals surface area contributed by atoms with Crippen molar-refractivity contribution >= 4 is 40.2 Å². The molecule has 0 N–H and O–H groups in total. The van der Waals surface area contributed by atoms with Crippen LogP contribution in [0.25, 0.3) is 11.0 Å². The molecule has 3 aromatic carbocycles. The molecule has 7 heteroatoms. The second-order valence-corrected chi connectivity index (χ2v) is 9.40. The highest BCUT2D eigenvalue weighted by molar-refractivity contribution is 7.98. The first kappa shape index (κ1) is 22.6. The largest absolute Gasteiger partial charge is 0.497 e. The minimum atomic E-state index is -0.531. The second kappa shape index (κ2) is 9.20. The van der Waals surface area contributed by atoms with E-state index in [4.69, 9.17) is 20.8 Å². The van der Waals surface area contributed by atoms with Crippen molar-refractivity contribution in [1.82, 2.24) is 4.90 Å². The summed E-state index contributed by atoms with van der Waals surface area (Å²) >= 11 is 7.79. The zero-order chi connectivity index (χ0) is 23.8. The molecule has 0 unspecified atom stereocenters. The molecule has 1 aliphatic heterocycles. The fraction of sp³-hybridized carbons (Fsp3) is 0.185. The highest BCUT2D eigenvalue weighted by Crippen LogP contribution is 2.39. The monoisotopic (exact) mass is 491 g/mol. The van der Waals surface area contributed by atoms with Crippen LogP contribution in [0.2, 0.25) is 5.02 Å². The molecular formula is C27H22ClNO4S. The average Bonchev–Trinajstić information content (AvgIpc) is 3.15. The summed E-state index contributed by atoms with van der Waals surface area (Å²) in [4.78, 5) is 30.0. The molecule has 172 valence electrons. The summed E-state index contributed by atoms with van der Waals surface area (Å²) in [5.74, 6) is 0.602. The average molecular weight is 492 g/mol. The quantitative estimate of drug-likeness (QED) is 0.311. The Bertz CT molecular complexity index is 1430. The molecule has 1 aromatic heterocycles. The molecule has 0 spiro atoms. The van der Waals surface area contributed by atoms with Gasteiger partial charge in [0, 0.05) is 16.5 Å². The van der Waals surface area contributed by atoms with Crippen molar-refractivity contribution in [3.63, 3.8) is 0 Å². The Balaban J connectivity index is 1.59. The third-order valence-electron chi connectivity index (χ3n) is 6.16. The van der Waals surface area contributed by atoms with E-state index in [2.05, 4.69) is 0 Å². The van der Waals surface area contributed by atoms with Crippen molar-refractivity contribution in [3.05, 3.63) is 104 Å². The molecule has 0 saturated heterocycles. The molecular weight excluding hydrogens is 470 g/mol. The molecule has 5 rings (SSSR count). The summed E-state index contributed by atoms with van der Waals surface area (Å²) in [5.41, 5.74) is 2.44. The van der Waals surface area contributed by atoms with Gasteiger partial charge in [0.15, 0.2) is 5.43 Å². The van der Waals surface area contributed by atoms with E-state index in [1.807, 2.05) is 54.8 Å². The van der Waals surface area contributed by atoms with Crippen LogP contribution in [0.1, 0.15) is 33.3 Å². The number of amides is 1. The number of halogens is 1. The van der Waals surface area contributed by atoms with E-state index in [9.17, 15) is 9.59 Å². The molecule has 4 aromatic rings. The maximum Gasteiger partial charge on any atom is 0.290 e. The summed E-state index contributed by atoms with van der Waals surface area (Å²) in [6, 6.07) is 20.1. The lowest BCUT2D eigenvalue weighted by molar-refractivity contribution is 0.0730. The maximum atomic E-state index is 13.6. The zero-order valence-electron chi connectivity index (χ0n) is 18.7. The van der Waals surface area contributed by atoms with E-state index >= 15 is 0 Å². The van der Waals surface area contributed by atoms with Gasteiger partial charge in [0.2, 0.25) is 5.76 Å². The van der Waals surface area contributed by atoms with Crippen molar-refractivity contribution in [1.29, 1.82) is 0 Å². The van der Waals surface area contributed by atoms with Crippen LogP contribution in [0.4, 0.5) is 0 Å². The van der Waals surface area contributed by atoms with Crippen molar-refractivity contribution < 1.29 is 13.9 Å². The number of hydrogen-bond donors (Lipinski definition) is 0. The van der Waals surface area contributed by atoms with E-state index in [1.165, 1.54) is 0 Å². The number of hydrogen-bond acceptors (Lipinski definition) is 5. The molecule has 5 nitrogen and oxygen atoms in total. The van der Waals surface area contributed by atoms with Crippen LogP contribution in [-0.2, 0) is 6.42 Å². The van der Waals surface area contributed by atoms with Crippen molar-refractivity contribution in [3.8, 4) is 5.75 Å². The number of nitrogens with zero attached hydrogens (tertiary/aromatic N) is 1. The normalized spacial score (nSPS) is 15.1. The van der Waals surface area contributed by atoms with Crippen LogP contribution < -0.4 is 10.2 Å². The molecule has 1 atom stereocenters. The number of thioether (sulfide) groups is 1. The van der Waals surface area contributed by atoms with Gasteiger partial charge < -0.3 is 14.1 Å². The third kappa shape index (κ3) is 3.97. The van der Waals surface area contributed by atoms with Gasteiger partial charge in [-0.05, 0) is 66.3 Å². The SMILES string of the molecule is COc1ccc(CCN2C(=O)c3oc4ccc(Cl)cc4c(=O)c3[C@@H]2c2ccc(SC)cc2)cc1. The van der Waals surface area contributed by atoms with Gasteiger partial charge in [-0.15, -0.1) is 11.8 Å². The number of rotatable bonds is 6. The fourth-order valence-electron chi connectivity index (χ4n) is 4.40. The van der Waals surface area contributed by atoms with Gasteiger partial charge in [0.25, 0.3) is 5.91 Å². The number of ether oxygens (including phenoxy) is 1. The molecule has 1 aliphatic rings. The first-order valence-electron chi connectivity index (χ1n) is 10.8. The molecule has 0 fully saturated rings. The van der Waals surface area contributed by atoms with E-state index in [0.717, 1.165) is 21.8 Å². The van der Waals surface area contributed by atoms with Crippen LogP contribution in [0.5, 0.6) is 5.75 Å². The summed E-state index contributed by atoms with van der Waals surface area (Å²) in [6.07, 6.45) is 2.64.